The van der Waals surface area contributed by atoms with E-state index in [1.54, 1.807) is 0 Å². The van der Waals surface area contributed by atoms with Crippen molar-refractivity contribution >= 4 is 11.4 Å². The fraction of sp³-hybridized carbons (Fsp3) is 0.500. The van der Waals surface area contributed by atoms with Crippen molar-refractivity contribution in [3.05, 3.63) is 41.0 Å². The molecule has 2 unspecified atom stereocenters. The van der Waals surface area contributed by atoms with Gasteiger partial charge in [-0.05, 0) is 48.0 Å². The van der Waals surface area contributed by atoms with Crippen LogP contribution in [-0.2, 0) is 11.2 Å². The van der Waals surface area contributed by atoms with E-state index in [-0.39, 0.29) is 11.3 Å². The first-order valence-corrected chi connectivity index (χ1v) is 7.31. The summed E-state index contributed by atoms with van der Waals surface area (Å²) in [6.45, 7) is 8.74. The number of carbonyl (C=O) groups excluding carboxylic acids is 1. The van der Waals surface area contributed by atoms with Crippen molar-refractivity contribution < 1.29 is 4.79 Å². The molecule has 1 nitrogen and oxygen atoms in total. The van der Waals surface area contributed by atoms with Crippen LogP contribution in [0.3, 0.4) is 0 Å². The van der Waals surface area contributed by atoms with Gasteiger partial charge in [0.05, 0.1) is 0 Å². The zero-order valence-electron chi connectivity index (χ0n) is 12.3. The zero-order chi connectivity index (χ0) is 13.8. The second-order valence-corrected chi connectivity index (χ2v) is 6.61. The third-order valence-corrected chi connectivity index (χ3v) is 5.26. The Balaban J connectivity index is 2.29. The predicted molar refractivity (Wildman–Crippen MR) is 78.8 cm³/mol. The first kappa shape index (κ1) is 12.7. The number of fused-ring (bicyclic) bond motifs is 3. The van der Waals surface area contributed by atoms with Crippen LogP contribution in [0.1, 0.15) is 45.2 Å². The van der Waals surface area contributed by atoms with Crippen LogP contribution >= 0.6 is 0 Å². The van der Waals surface area contributed by atoms with E-state index in [0.717, 1.165) is 18.4 Å². The van der Waals surface area contributed by atoms with E-state index in [1.165, 1.54) is 16.7 Å². The van der Waals surface area contributed by atoms with Gasteiger partial charge in [0.2, 0.25) is 0 Å². The molecule has 0 radical (unpaired) electrons. The average Bonchev–Trinajstić information content (AvgIpc) is 2.71. The molecule has 0 fully saturated rings. The van der Waals surface area contributed by atoms with Gasteiger partial charge in [-0.1, -0.05) is 45.0 Å². The Kier molecular flexibility index (Phi) is 2.70. The number of hydrogen-bond donors (Lipinski definition) is 0. The molecular weight excluding hydrogens is 232 g/mol. The van der Waals surface area contributed by atoms with Gasteiger partial charge in [0.1, 0.15) is 0 Å². The van der Waals surface area contributed by atoms with Crippen molar-refractivity contribution in [2.24, 2.45) is 17.3 Å². The van der Waals surface area contributed by atoms with E-state index in [9.17, 15) is 4.79 Å². The van der Waals surface area contributed by atoms with Crippen molar-refractivity contribution in [2.45, 2.75) is 40.5 Å². The number of Topliss-reactive ketones (excluding diaryl/α,β-unsaturated/α-hetero) is 1. The normalized spacial score (nSPS) is 29.7. The molecule has 0 N–H and O–H groups in total. The number of benzene rings is 1. The predicted octanol–water partition coefficient (Wildman–Crippen LogP) is 4.27. The van der Waals surface area contributed by atoms with E-state index in [2.05, 4.69) is 45.0 Å². The number of ketones is 1. The molecule has 1 heteroatoms. The molecule has 1 aromatic carbocycles. The van der Waals surface area contributed by atoms with Crippen LogP contribution in [-0.4, -0.2) is 5.78 Å². The van der Waals surface area contributed by atoms with Gasteiger partial charge in [0.15, 0.2) is 5.78 Å². The Bertz CT molecular complexity index is 579. The van der Waals surface area contributed by atoms with E-state index in [0.29, 0.717) is 11.7 Å². The molecule has 0 amide bonds. The third kappa shape index (κ3) is 1.57. The fourth-order valence-electron chi connectivity index (χ4n) is 4.22. The summed E-state index contributed by atoms with van der Waals surface area (Å²) in [5.74, 6) is 1.09. The summed E-state index contributed by atoms with van der Waals surface area (Å²) in [7, 11) is 0. The monoisotopic (exact) mass is 254 g/mol. The topological polar surface area (TPSA) is 17.1 Å². The van der Waals surface area contributed by atoms with Crippen molar-refractivity contribution in [2.75, 3.05) is 0 Å². The summed E-state index contributed by atoms with van der Waals surface area (Å²) in [6.07, 6.45) is 2.11. The highest BCUT2D eigenvalue weighted by molar-refractivity contribution is 6.07. The zero-order valence-corrected chi connectivity index (χ0v) is 12.3. The summed E-state index contributed by atoms with van der Waals surface area (Å²) >= 11 is 0. The average molecular weight is 254 g/mol. The maximum atomic E-state index is 12.4. The molecule has 0 saturated heterocycles. The summed E-state index contributed by atoms with van der Waals surface area (Å²) in [6, 6.07) is 8.64. The molecule has 19 heavy (non-hydrogen) atoms. The number of hydrogen-bond acceptors (Lipinski definition) is 1. The summed E-state index contributed by atoms with van der Waals surface area (Å²) < 4.78 is 0. The van der Waals surface area contributed by atoms with Gasteiger partial charge in [-0.3, -0.25) is 4.79 Å². The minimum absolute atomic E-state index is 0.167. The van der Waals surface area contributed by atoms with Gasteiger partial charge >= 0.3 is 0 Å². The molecule has 0 bridgehead atoms. The fourth-order valence-corrected chi connectivity index (χ4v) is 4.22. The quantitative estimate of drug-likeness (QED) is 0.731. The minimum Gasteiger partial charge on any atom is -0.294 e. The molecule has 3 rings (SSSR count). The van der Waals surface area contributed by atoms with E-state index in [4.69, 9.17) is 0 Å². The second-order valence-electron chi connectivity index (χ2n) is 6.61. The van der Waals surface area contributed by atoms with Gasteiger partial charge in [-0.25, -0.2) is 0 Å². The molecule has 2 aliphatic carbocycles. The lowest BCUT2D eigenvalue weighted by molar-refractivity contribution is -0.120. The molecule has 2 atom stereocenters. The molecule has 2 aliphatic rings. The minimum atomic E-state index is 0.167. The van der Waals surface area contributed by atoms with Crippen molar-refractivity contribution in [1.29, 1.82) is 0 Å². The lowest BCUT2D eigenvalue weighted by atomic mass is 9.61. The first-order valence-electron chi connectivity index (χ1n) is 7.31. The highest BCUT2D eigenvalue weighted by atomic mass is 16.1. The van der Waals surface area contributed by atoms with E-state index >= 15 is 0 Å². The second kappa shape index (κ2) is 4.06. The number of allylic oxidation sites excluding steroid dienone is 2. The Morgan fingerprint density at radius 2 is 1.95 bits per heavy atom. The lowest BCUT2D eigenvalue weighted by Gasteiger charge is -2.42. The Morgan fingerprint density at radius 3 is 2.63 bits per heavy atom. The van der Waals surface area contributed by atoms with Gasteiger partial charge in [0, 0.05) is 11.3 Å². The van der Waals surface area contributed by atoms with Crippen molar-refractivity contribution in [3.63, 3.8) is 0 Å². The van der Waals surface area contributed by atoms with Crippen LogP contribution in [0.2, 0.25) is 0 Å². The summed E-state index contributed by atoms with van der Waals surface area (Å²) in [5.41, 5.74) is 5.29. The van der Waals surface area contributed by atoms with E-state index < -0.39 is 0 Å². The molecular formula is C18H22O. The van der Waals surface area contributed by atoms with Crippen LogP contribution in [0.15, 0.2) is 29.8 Å². The highest BCUT2D eigenvalue weighted by Crippen LogP contribution is 2.58. The van der Waals surface area contributed by atoms with E-state index in [1.807, 2.05) is 6.92 Å². The molecule has 0 saturated carbocycles. The number of carbonyl (C=O) groups is 1. The van der Waals surface area contributed by atoms with Crippen LogP contribution in [0, 0.1) is 17.3 Å². The molecule has 100 valence electrons. The Labute approximate surface area is 115 Å². The molecule has 0 aliphatic heterocycles. The highest BCUT2D eigenvalue weighted by Gasteiger charge is 2.49. The maximum absolute atomic E-state index is 12.4. The number of rotatable bonds is 1. The van der Waals surface area contributed by atoms with Crippen LogP contribution in [0.25, 0.3) is 5.57 Å². The Hall–Kier alpha value is -1.37. The first-order chi connectivity index (χ1) is 8.97. The van der Waals surface area contributed by atoms with Gasteiger partial charge in [-0.15, -0.1) is 0 Å². The largest absolute Gasteiger partial charge is 0.294 e. The molecule has 0 heterocycles. The lowest BCUT2D eigenvalue weighted by Crippen LogP contribution is -2.37. The van der Waals surface area contributed by atoms with Crippen molar-refractivity contribution in [3.8, 4) is 0 Å². The smallest absolute Gasteiger partial charge is 0.161 e. The third-order valence-electron chi connectivity index (χ3n) is 5.26. The molecule has 0 aromatic heterocycles. The summed E-state index contributed by atoms with van der Waals surface area (Å²) in [5, 5.41) is 0. The maximum Gasteiger partial charge on any atom is 0.161 e. The van der Waals surface area contributed by atoms with Crippen LogP contribution in [0.5, 0.6) is 0 Å². The van der Waals surface area contributed by atoms with Crippen LogP contribution < -0.4 is 0 Å². The summed E-state index contributed by atoms with van der Waals surface area (Å²) in [4.78, 5) is 12.4. The van der Waals surface area contributed by atoms with Gasteiger partial charge in [0.25, 0.3) is 0 Å². The van der Waals surface area contributed by atoms with Crippen molar-refractivity contribution in [1.82, 2.24) is 0 Å². The SMILES string of the molecule is CC1=C2c3ccccc3CC2(C(C)C)CC(C)C1=O. The van der Waals surface area contributed by atoms with Gasteiger partial charge in [-0.2, -0.15) is 0 Å². The van der Waals surface area contributed by atoms with Gasteiger partial charge < -0.3 is 0 Å². The standard InChI is InChI=1S/C18H22O/c1-11(2)18-9-12(3)17(19)13(4)16(18)15-8-6-5-7-14(15)10-18/h5-8,11-12H,9-10H2,1-4H3. The Morgan fingerprint density at radius 1 is 1.26 bits per heavy atom. The van der Waals surface area contributed by atoms with Crippen LogP contribution in [0.4, 0.5) is 0 Å². The molecule has 1 aromatic rings. The molecule has 0 spiro atoms.